The van der Waals surface area contributed by atoms with Gasteiger partial charge in [-0.15, -0.1) is 5.10 Å². The molecule has 4 nitrogen and oxygen atoms in total. The normalized spacial score (nSPS) is 10.2. The third kappa shape index (κ3) is 2.38. The Bertz CT molecular complexity index is 297. The minimum absolute atomic E-state index is 0.133. The van der Waals surface area contributed by atoms with Crippen molar-refractivity contribution in [3.05, 3.63) is 9.47 Å². The SMILES string of the molecule is CCC(=O)Cn1nc(Br)nc1Br. The monoisotopic (exact) mass is 295 g/mol. The van der Waals surface area contributed by atoms with Gasteiger partial charge < -0.3 is 0 Å². The number of hydrogen-bond acceptors (Lipinski definition) is 3. The first-order chi connectivity index (χ1) is 5.63. The lowest BCUT2D eigenvalue weighted by molar-refractivity contribution is -0.119. The van der Waals surface area contributed by atoms with E-state index >= 15 is 0 Å². The van der Waals surface area contributed by atoms with E-state index in [9.17, 15) is 4.79 Å². The summed E-state index contributed by atoms with van der Waals surface area (Å²) in [7, 11) is 0. The van der Waals surface area contributed by atoms with Crippen molar-refractivity contribution in [3.8, 4) is 0 Å². The van der Waals surface area contributed by atoms with Crippen molar-refractivity contribution >= 4 is 37.6 Å². The van der Waals surface area contributed by atoms with Crippen LogP contribution >= 0.6 is 31.9 Å². The largest absolute Gasteiger partial charge is 0.298 e. The lowest BCUT2D eigenvalue weighted by Crippen LogP contribution is -2.10. The van der Waals surface area contributed by atoms with E-state index in [4.69, 9.17) is 0 Å². The van der Waals surface area contributed by atoms with Crippen LogP contribution in [0.3, 0.4) is 0 Å². The highest BCUT2D eigenvalue weighted by molar-refractivity contribution is 9.11. The topological polar surface area (TPSA) is 47.8 Å². The number of ketones is 1. The zero-order chi connectivity index (χ0) is 9.14. The Balaban J connectivity index is 2.75. The lowest BCUT2D eigenvalue weighted by atomic mass is 10.3. The number of carbonyl (C=O) groups excluding carboxylic acids is 1. The van der Waals surface area contributed by atoms with Gasteiger partial charge in [-0.25, -0.2) is 4.68 Å². The first-order valence-corrected chi connectivity index (χ1v) is 4.99. The third-order valence-electron chi connectivity index (χ3n) is 1.32. The molecule has 0 aliphatic carbocycles. The first-order valence-electron chi connectivity index (χ1n) is 3.41. The maximum atomic E-state index is 11.0. The lowest BCUT2D eigenvalue weighted by Gasteiger charge is -1.97. The average molecular weight is 297 g/mol. The summed E-state index contributed by atoms with van der Waals surface area (Å²) >= 11 is 6.29. The molecule has 0 N–H and O–H groups in total. The summed E-state index contributed by atoms with van der Waals surface area (Å²) in [5, 5.41) is 3.95. The summed E-state index contributed by atoms with van der Waals surface area (Å²) in [5.74, 6) is 0.133. The van der Waals surface area contributed by atoms with Gasteiger partial charge in [0.2, 0.25) is 4.73 Å². The molecule has 12 heavy (non-hydrogen) atoms. The van der Waals surface area contributed by atoms with Crippen molar-refractivity contribution in [1.82, 2.24) is 14.8 Å². The van der Waals surface area contributed by atoms with Crippen LogP contribution in [0.25, 0.3) is 0 Å². The van der Waals surface area contributed by atoms with E-state index in [0.29, 0.717) is 15.9 Å². The van der Waals surface area contributed by atoms with Gasteiger partial charge >= 0.3 is 0 Å². The summed E-state index contributed by atoms with van der Waals surface area (Å²) in [4.78, 5) is 14.9. The minimum atomic E-state index is 0.133. The second-order valence-corrected chi connectivity index (χ2v) is 3.62. The van der Waals surface area contributed by atoms with E-state index < -0.39 is 0 Å². The first kappa shape index (κ1) is 9.85. The van der Waals surface area contributed by atoms with Crippen LogP contribution in [0.4, 0.5) is 0 Å². The quantitative estimate of drug-likeness (QED) is 0.854. The van der Waals surface area contributed by atoms with Crippen LogP contribution in [-0.2, 0) is 11.3 Å². The summed E-state index contributed by atoms with van der Waals surface area (Å²) in [6.45, 7) is 2.10. The molecule has 0 aliphatic rings. The van der Waals surface area contributed by atoms with E-state index in [2.05, 4.69) is 41.9 Å². The Hall–Kier alpha value is -0.230. The van der Waals surface area contributed by atoms with Gasteiger partial charge in [-0.2, -0.15) is 4.98 Å². The van der Waals surface area contributed by atoms with Gasteiger partial charge in [0, 0.05) is 6.42 Å². The van der Waals surface area contributed by atoms with Gasteiger partial charge in [0.1, 0.15) is 6.54 Å². The molecular weight excluding hydrogens is 290 g/mol. The highest BCUT2D eigenvalue weighted by Gasteiger charge is 2.07. The summed E-state index contributed by atoms with van der Waals surface area (Å²) in [6, 6.07) is 0. The van der Waals surface area contributed by atoms with E-state index in [1.807, 2.05) is 6.92 Å². The Labute approximate surface area is 86.6 Å². The molecule has 0 atom stereocenters. The van der Waals surface area contributed by atoms with Crippen LogP contribution in [-0.4, -0.2) is 20.5 Å². The number of rotatable bonds is 3. The Morgan fingerprint density at radius 2 is 2.25 bits per heavy atom. The molecule has 0 spiro atoms. The van der Waals surface area contributed by atoms with Gasteiger partial charge in [-0.1, -0.05) is 6.92 Å². The fourth-order valence-corrected chi connectivity index (χ4v) is 1.65. The number of carbonyl (C=O) groups is 1. The average Bonchev–Trinajstić information content (AvgIpc) is 2.30. The Kier molecular flexibility index (Phi) is 3.39. The fourth-order valence-electron chi connectivity index (χ4n) is 0.677. The van der Waals surface area contributed by atoms with Gasteiger partial charge in [0.15, 0.2) is 10.5 Å². The Morgan fingerprint density at radius 1 is 1.58 bits per heavy atom. The van der Waals surface area contributed by atoms with Crippen molar-refractivity contribution in [2.24, 2.45) is 0 Å². The second-order valence-electron chi connectivity index (χ2n) is 2.20. The highest BCUT2D eigenvalue weighted by Crippen LogP contribution is 2.10. The molecule has 0 fully saturated rings. The van der Waals surface area contributed by atoms with Gasteiger partial charge in [0.05, 0.1) is 0 Å². The van der Waals surface area contributed by atoms with Crippen LogP contribution in [0, 0.1) is 0 Å². The zero-order valence-corrected chi connectivity index (χ0v) is 9.59. The summed E-state index contributed by atoms with van der Waals surface area (Å²) in [5.41, 5.74) is 0. The second kappa shape index (κ2) is 4.13. The van der Waals surface area contributed by atoms with Crippen molar-refractivity contribution in [3.63, 3.8) is 0 Å². The third-order valence-corrected chi connectivity index (χ3v) is 2.24. The van der Waals surface area contributed by atoms with Crippen LogP contribution in [0.2, 0.25) is 0 Å². The standard InChI is InChI=1S/C6H7Br2N3O/c1-2-4(12)3-11-6(8)9-5(7)10-11/h2-3H2,1H3. The van der Waals surface area contributed by atoms with E-state index in [-0.39, 0.29) is 12.3 Å². The Morgan fingerprint density at radius 3 is 2.67 bits per heavy atom. The predicted octanol–water partition coefficient (Wildman–Crippen LogP) is 1.78. The van der Waals surface area contributed by atoms with Gasteiger partial charge in [0.25, 0.3) is 0 Å². The predicted molar refractivity (Wildman–Crippen MR) is 50.7 cm³/mol. The fraction of sp³-hybridized carbons (Fsp3) is 0.500. The molecule has 0 aromatic carbocycles. The molecular formula is C6H7Br2N3O. The van der Waals surface area contributed by atoms with Crippen LogP contribution in [0.15, 0.2) is 9.47 Å². The van der Waals surface area contributed by atoms with Crippen molar-refractivity contribution in [2.75, 3.05) is 0 Å². The smallest absolute Gasteiger partial charge is 0.218 e. The number of halogens is 2. The zero-order valence-electron chi connectivity index (χ0n) is 6.42. The number of hydrogen-bond donors (Lipinski definition) is 0. The molecule has 0 aliphatic heterocycles. The molecule has 0 saturated heterocycles. The summed E-state index contributed by atoms with van der Waals surface area (Å²) in [6.07, 6.45) is 0.518. The molecule has 6 heteroatoms. The highest BCUT2D eigenvalue weighted by atomic mass is 79.9. The van der Waals surface area contributed by atoms with Gasteiger partial charge in [-0.05, 0) is 31.9 Å². The molecule has 1 aromatic heterocycles. The van der Waals surface area contributed by atoms with Crippen molar-refractivity contribution in [1.29, 1.82) is 0 Å². The van der Waals surface area contributed by atoms with Crippen molar-refractivity contribution < 1.29 is 4.79 Å². The maximum absolute atomic E-state index is 11.0. The van der Waals surface area contributed by atoms with Crippen LogP contribution in [0.1, 0.15) is 13.3 Å². The molecule has 1 aromatic rings. The number of Topliss-reactive ketones (excluding diaryl/α,β-unsaturated/α-hetero) is 1. The summed E-state index contributed by atoms with van der Waals surface area (Å²) < 4.78 is 2.56. The molecule has 0 saturated carbocycles. The van der Waals surface area contributed by atoms with E-state index in [0.717, 1.165) is 0 Å². The minimum Gasteiger partial charge on any atom is -0.298 e. The number of nitrogens with zero attached hydrogens (tertiary/aromatic N) is 3. The molecule has 0 bridgehead atoms. The van der Waals surface area contributed by atoms with Crippen LogP contribution < -0.4 is 0 Å². The van der Waals surface area contributed by atoms with Crippen LogP contribution in [0.5, 0.6) is 0 Å². The van der Waals surface area contributed by atoms with E-state index in [1.165, 1.54) is 4.68 Å². The van der Waals surface area contributed by atoms with Gasteiger partial charge in [-0.3, -0.25) is 4.79 Å². The number of aromatic nitrogens is 3. The maximum Gasteiger partial charge on any atom is 0.218 e. The molecule has 0 unspecified atom stereocenters. The molecule has 0 radical (unpaired) electrons. The molecule has 1 rings (SSSR count). The van der Waals surface area contributed by atoms with Crippen molar-refractivity contribution in [2.45, 2.75) is 19.9 Å². The molecule has 1 heterocycles. The molecule has 66 valence electrons. The van der Waals surface area contributed by atoms with E-state index in [1.54, 1.807) is 0 Å². The molecule has 0 amide bonds.